The Kier molecular flexibility index (Phi) is 4.13. The van der Waals surface area contributed by atoms with E-state index in [1.165, 1.54) is 6.07 Å². The SMILES string of the molecule is Cc1ccc(F)cc1CC(N)CC1CCOC1. The molecule has 94 valence electrons. The highest BCUT2D eigenvalue weighted by atomic mass is 19.1. The summed E-state index contributed by atoms with van der Waals surface area (Å²) in [7, 11) is 0. The van der Waals surface area contributed by atoms with Crippen LogP contribution >= 0.6 is 0 Å². The summed E-state index contributed by atoms with van der Waals surface area (Å²) in [6.45, 7) is 3.69. The van der Waals surface area contributed by atoms with Gasteiger partial charge in [0.25, 0.3) is 0 Å². The van der Waals surface area contributed by atoms with E-state index in [2.05, 4.69) is 0 Å². The van der Waals surface area contributed by atoms with E-state index < -0.39 is 0 Å². The van der Waals surface area contributed by atoms with Crippen molar-refractivity contribution in [3.63, 3.8) is 0 Å². The normalized spacial score (nSPS) is 21.7. The second kappa shape index (κ2) is 5.61. The minimum absolute atomic E-state index is 0.0993. The molecule has 1 heterocycles. The van der Waals surface area contributed by atoms with Crippen LogP contribution in [0.2, 0.25) is 0 Å². The van der Waals surface area contributed by atoms with Gasteiger partial charge < -0.3 is 10.5 Å². The summed E-state index contributed by atoms with van der Waals surface area (Å²) >= 11 is 0. The second-order valence-electron chi connectivity index (χ2n) is 5.00. The third-order valence-electron chi connectivity index (χ3n) is 3.45. The molecule has 2 rings (SSSR count). The Hall–Kier alpha value is -0.930. The molecule has 2 N–H and O–H groups in total. The van der Waals surface area contributed by atoms with Gasteiger partial charge in [-0.3, -0.25) is 0 Å². The zero-order chi connectivity index (χ0) is 12.3. The zero-order valence-electron chi connectivity index (χ0n) is 10.3. The van der Waals surface area contributed by atoms with Crippen molar-refractivity contribution in [2.45, 2.75) is 32.2 Å². The van der Waals surface area contributed by atoms with Crippen molar-refractivity contribution in [2.75, 3.05) is 13.2 Å². The Bertz CT molecular complexity index is 374. The fourth-order valence-corrected chi connectivity index (χ4v) is 2.42. The van der Waals surface area contributed by atoms with Gasteiger partial charge in [-0.05, 0) is 55.4 Å². The predicted molar refractivity (Wildman–Crippen MR) is 66.4 cm³/mol. The molecule has 17 heavy (non-hydrogen) atoms. The molecule has 0 aromatic heterocycles. The summed E-state index contributed by atoms with van der Waals surface area (Å²) in [5.41, 5.74) is 8.27. The first kappa shape index (κ1) is 12.5. The molecule has 1 aliphatic heterocycles. The summed E-state index contributed by atoms with van der Waals surface area (Å²) in [6, 6.07) is 5.01. The average Bonchev–Trinajstić information content (AvgIpc) is 2.76. The number of nitrogens with two attached hydrogens (primary N) is 1. The number of benzene rings is 1. The van der Waals surface area contributed by atoms with Crippen LogP contribution in [0.4, 0.5) is 4.39 Å². The highest BCUT2D eigenvalue weighted by molar-refractivity contribution is 5.27. The van der Waals surface area contributed by atoms with Gasteiger partial charge in [-0.2, -0.15) is 0 Å². The van der Waals surface area contributed by atoms with Gasteiger partial charge in [0.15, 0.2) is 0 Å². The number of ether oxygens (including phenoxy) is 1. The van der Waals surface area contributed by atoms with Crippen LogP contribution < -0.4 is 5.73 Å². The number of aryl methyl sites for hydroxylation is 1. The highest BCUT2D eigenvalue weighted by Crippen LogP contribution is 2.20. The van der Waals surface area contributed by atoms with Crippen LogP contribution in [-0.4, -0.2) is 19.3 Å². The molecule has 1 aromatic carbocycles. The Labute approximate surface area is 102 Å². The summed E-state index contributed by atoms with van der Waals surface area (Å²) in [4.78, 5) is 0. The van der Waals surface area contributed by atoms with E-state index in [0.717, 1.165) is 43.6 Å². The summed E-state index contributed by atoms with van der Waals surface area (Å²) in [5.74, 6) is 0.404. The van der Waals surface area contributed by atoms with Crippen molar-refractivity contribution < 1.29 is 9.13 Å². The molecule has 1 aliphatic rings. The Morgan fingerprint density at radius 1 is 1.53 bits per heavy atom. The molecule has 1 saturated heterocycles. The largest absolute Gasteiger partial charge is 0.381 e. The molecule has 0 aliphatic carbocycles. The molecule has 0 radical (unpaired) electrons. The van der Waals surface area contributed by atoms with E-state index in [0.29, 0.717) is 5.92 Å². The third kappa shape index (κ3) is 3.51. The monoisotopic (exact) mass is 237 g/mol. The van der Waals surface area contributed by atoms with E-state index in [1.54, 1.807) is 6.07 Å². The van der Waals surface area contributed by atoms with E-state index in [4.69, 9.17) is 10.5 Å². The van der Waals surface area contributed by atoms with Gasteiger partial charge in [-0.15, -0.1) is 0 Å². The topological polar surface area (TPSA) is 35.2 Å². The van der Waals surface area contributed by atoms with E-state index in [1.807, 2.05) is 13.0 Å². The maximum atomic E-state index is 13.1. The van der Waals surface area contributed by atoms with Gasteiger partial charge in [0.05, 0.1) is 0 Å². The lowest BCUT2D eigenvalue weighted by molar-refractivity contribution is 0.182. The molecule has 0 saturated carbocycles. The highest BCUT2D eigenvalue weighted by Gasteiger charge is 2.19. The molecule has 3 heteroatoms. The third-order valence-corrected chi connectivity index (χ3v) is 3.45. The van der Waals surface area contributed by atoms with Crippen LogP contribution in [0.5, 0.6) is 0 Å². The van der Waals surface area contributed by atoms with Crippen LogP contribution in [0.3, 0.4) is 0 Å². The van der Waals surface area contributed by atoms with Crippen LogP contribution in [0.15, 0.2) is 18.2 Å². The van der Waals surface area contributed by atoms with Crippen molar-refractivity contribution in [1.29, 1.82) is 0 Å². The standard InChI is InChI=1S/C14H20FNO/c1-10-2-3-13(15)7-12(10)8-14(16)6-11-4-5-17-9-11/h2-3,7,11,14H,4-6,8-9,16H2,1H3. The first-order valence-corrected chi connectivity index (χ1v) is 6.23. The molecule has 1 fully saturated rings. The Morgan fingerprint density at radius 3 is 3.06 bits per heavy atom. The van der Waals surface area contributed by atoms with Gasteiger partial charge in [-0.1, -0.05) is 6.07 Å². The second-order valence-corrected chi connectivity index (χ2v) is 5.00. The Balaban J connectivity index is 1.92. The molecule has 0 bridgehead atoms. The van der Waals surface area contributed by atoms with Crippen LogP contribution in [-0.2, 0) is 11.2 Å². The molecule has 2 unspecified atom stereocenters. The minimum Gasteiger partial charge on any atom is -0.381 e. The summed E-state index contributed by atoms with van der Waals surface area (Å²) in [6.07, 6.45) is 2.83. The van der Waals surface area contributed by atoms with Crippen molar-refractivity contribution >= 4 is 0 Å². The first-order chi connectivity index (χ1) is 8.15. The fraction of sp³-hybridized carbons (Fsp3) is 0.571. The number of rotatable bonds is 4. The summed E-state index contributed by atoms with van der Waals surface area (Å²) in [5, 5.41) is 0. The minimum atomic E-state index is -0.179. The van der Waals surface area contributed by atoms with Gasteiger partial charge >= 0.3 is 0 Å². The van der Waals surface area contributed by atoms with Crippen molar-refractivity contribution in [3.05, 3.63) is 35.1 Å². The van der Waals surface area contributed by atoms with Crippen LogP contribution in [0, 0.1) is 18.7 Å². The van der Waals surface area contributed by atoms with E-state index in [-0.39, 0.29) is 11.9 Å². The smallest absolute Gasteiger partial charge is 0.123 e. The van der Waals surface area contributed by atoms with E-state index in [9.17, 15) is 4.39 Å². The van der Waals surface area contributed by atoms with Crippen molar-refractivity contribution in [2.24, 2.45) is 11.7 Å². The lowest BCUT2D eigenvalue weighted by Crippen LogP contribution is -2.26. The predicted octanol–water partition coefficient (Wildman–Crippen LogP) is 2.43. The molecule has 0 amide bonds. The zero-order valence-corrected chi connectivity index (χ0v) is 10.3. The van der Waals surface area contributed by atoms with Crippen molar-refractivity contribution in [3.8, 4) is 0 Å². The van der Waals surface area contributed by atoms with Gasteiger partial charge in [0.1, 0.15) is 5.82 Å². The number of hydrogen-bond donors (Lipinski definition) is 1. The lowest BCUT2D eigenvalue weighted by Gasteiger charge is -2.16. The van der Waals surface area contributed by atoms with Gasteiger partial charge in [-0.25, -0.2) is 4.39 Å². The van der Waals surface area contributed by atoms with Gasteiger partial charge in [0.2, 0.25) is 0 Å². The lowest BCUT2D eigenvalue weighted by atomic mass is 9.93. The number of hydrogen-bond acceptors (Lipinski definition) is 2. The average molecular weight is 237 g/mol. The van der Waals surface area contributed by atoms with Crippen molar-refractivity contribution in [1.82, 2.24) is 0 Å². The van der Waals surface area contributed by atoms with E-state index >= 15 is 0 Å². The Morgan fingerprint density at radius 2 is 2.35 bits per heavy atom. The fourth-order valence-electron chi connectivity index (χ4n) is 2.42. The summed E-state index contributed by atoms with van der Waals surface area (Å²) < 4.78 is 18.5. The van der Waals surface area contributed by atoms with Gasteiger partial charge in [0, 0.05) is 19.3 Å². The first-order valence-electron chi connectivity index (χ1n) is 6.23. The molecule has 0 spiro atoms. The number of halogens is 1. The molecular weight excluding hydrogens is 217 g/mol. The maximum absolute atomic E-state index is 13.1. The molecule has 2 atom stereocenters. The van der Waals surface area contributed by atoms with Crippen LogP contribution in [0.1, 0.15) is 24.0 Å². The molecule has 1 aromatic rings. The quantitative estimate of drug-likeness (QED) is 0.873. The maximum Gasteiger partial charge on any atom is 0.123 e. The van der Waals surface area contributed by atoms with Crippen LogP contribution in [0.25, 0.3) is 0 Å². The molecular formula is C14H20FNO. The molecule has 2 nitrogen and oxygen atoms in total.